The maximum atomic E-state index is 12.6. The summed E-state index contributed by atoms with van der Waals surface area (Å²) in [5.41, 5.74) is 1.57. The fraction of sp³-hybridized carbons (Fsp3) is 0.829. The molecule has 9 nitrogen and oxygen atoms in total. The van der Waals surface area contributed by atoms with Gasteiger partial charge in [0.05, 0.1) is 25.4 Å². The zero-order valence-corrected chi connectivity index (χ0v) is 28.1. The lowest BCUT2D eigenvalue weighted by Crippen LogP contribution is -2.65. The van der Waals surface area contributed by atoms with E-state index in [1.165, 1.54) is 6.92 Å². The van der Waals surface area contributed by atoms with Crippen molar-refractivity contribution in [3.8, 4) is 0 Å². The Morgan fingerprint density at radius 3 is 2.16 bits per heavy atom. The first-order chi connectivity index (χ1) is 20.6. The number of aliphatic hydroxyl groups excluding tert-OH is 4. The third kappa shape index (κ3) is 6.97. The summed E-state index contributed by atoms with van der Waals surface area (Å²) < 4.78 is 5.87. The third-order valence-corrected chi connectivity index (χ3v) is 12.1. The summed E-state index contributed by atoms with van der Waals surface area (Å²) in [7, 11) is 0. The number of ether oxygens (including phenoxy) is 1. The van der Waals surface area contributed by atoms with Gasteiger partial charge in [-0.05, 0) is 111 Å². The summed E-state index contributed by atoms with van der Waals surface area (Å²) in [6.07, 6.45) is 6.22. The highest BCUT2D eigenvalue weighted by atomic mass is 16.5. The van der Waals surface area contributed by atoms with Crippen LogP contribution in [0.25, 0.3) is 0 Å². The van der Waals surface area contributed by atoms with Gasteiger partial charge in [0.2, 0.25) is 0 Å². The second-order valence-corrected chi connectivity index (χ2v) is 14.8. The van der Waals surface area contributed by atoms with Gasteiger partial charge in [0.15, 0.2) is 0 Å². The highest BCUT2D eigenvalue weighted by Gasteiger charge is 2.70. The molecule has 2 unspecified atom stereocenters. The van der Waals surface area contributed by atoms with E-state index in [9.17, 15) is 24.9 Å². The van der Waals surface area contributed by atoms with E-state index in [1.54, 1.807) is 0 Å². The van der Waals surface area contributed by atoms with Crippen molar-refractivity contribution >= 4 is 11.9 Å². The van der Waals surface area contributed by atoms with Gasteiger partial charge in [-0.15, -0.1) is 0 Å². The van der Waals surface area contributed by atoms with Crippen LogP contribution in [0.5, 0.6) is 0 Å². The van der Waals surface area contributed by atoms with E-state index in [1.807, 2.05) is 19.9 Å². The molecule has 4 saturated carbocycles. The normalized spacial score (nSPS) is 40.4. The fourth-order valence-electron chi connectivity index (χ4n) is 10.1. The molecule has 0 aromatic carbocycles. The van der Waals surface area contributed by atoms with E-state index in [4.69, 9.17) is 14.9 Å². The predicted octanol–water partition coefficient (Wildman–Crippen LogP) is 4.23. The molecule has 6 N–H and O–H groups in total. The molecule has 0 aromatic rings. The Kier molecular flexibility index (Phi) is 12.3. The van der Waals surface area contributed by atoms with Gasteiger partial charge in [-0.1, -0.05) is 39.3 Å². The van der Waals surface area contributed by atoms with Crippen molar-refractivity contribution in [2.24, 2.45) is 39.9 Å². The second kappa shape index (κ2) is 14.8. The number of hydrogen-bond donors (Lipinski definition) is 6. The van der Waals surface area contributed by atoms with Crippen LogP contribution in [-0.4, -0.2) is 82.1 Å². The number of carbonyl (C=O) groups excluding carboxylic acids is 1. The predicted molar refractivity (Wildman–Crippen MR) is 170 cm³/mol. The van der Waals surface area contributed by atoms with Gasteiger partial charge in [-0.3, -0.25) is 4.79 Å². The molecule has 0 spiro atoms. The van der Waals surface area contributed by atoms with Gasteiger partial charge in [-0.2, -0.15) is 0 Å². The quantitative estimate of drug-likeness (QED) is 0.0960. The van der Waals surface area contributed by atoms with Crippen molar-refractivity contribution in [2.45, 2.75) is 118 Å². The van der Waals surface area contributed by atoms with Gasteiger partial charge in [-0.25, -0.2) is 4.79 Å². The van der Waals surface area contributed by atoms with Gasteiger partial charge < -0.3 is 35.6 Å². The Bertz CT molecular complexity index is 1080. The van der Waals surface area contributed by atoms with E-state index >= 15 is 0 Å². The van der Waals surface area contributed by atoms with Gasteiger partial charge in [0.25, 0.3) is 0 Å². The first-order valence-electron chi connectivity index (χ1n) is 16.6. The van der Waals surface area contributed by atoms with Crippen LogP contribution >= 0.6 is 0 Å². The van der Waals surface area contributed by atoms with Crippen LogP contribution in [0.3, 0.4) is 0 Å². The fourth-order valence-corrected chi connectivity index (χ4v) is 10.1. The molecule has 0 amide bonds. The lowest BCUT2D eigenvalue weighted by atomic mass is 9.36. The Morgan fingerprint density at radius 2 is 1.61 bits per heavy atom. The lowest BCUT2D eigenvalue weighted by Gasteiger charge is -2.69. The standard InChI is InChI=1S/C31H48O6.C4H11NO2/c1-17(2)9-8-10-20(28(35)36)26-22-15-24(34)27-29(5)13-12-23(33)18(3)21(29)11-14-30(27,6)31(22,7)16-25(26)37-19(4)32;6-3-1-5-2-4-7/h9,18,21-25,27,33-34H,8,10-16H2,1-7H3,(H,35,36);5-7H,1-4H2/t18-,21?,22+,23+,24+,25-,27?,29-,30-,31-;/m0./s1. The minimum Gasteiger partial charge on any atom is -0.478 e. The van der Waals surface area contributed by atoms with E-state index in [0.29, 0.717) is 50.3 Å². The number of esters is 1. The highest BCUT2D eigenvalue weighted by molar-refractivity contribution is 5.88. The number of fused-ring (bicyclic) bond motifs is 5. The summed E-state index contributed by atoms with van der Waals surface area (Å²) in [6, 6.07) is 0. The number of carboxylic acid groups (broad SMARTS) is 1. The molecular formula is C35H59NO8. The Hall–Kier alpha value is -1.78. The van der Waals surface area contributed by atoms with Crippen molar-refractivity contribution in [3.63, 3.8) is 0 Å². The van der Waals surface area contributed by atoms with Crippen molar-refractivity contribution in [1.82, 2.24) is 5.32 Å². The van der Waals surface area contributed by atoms with Crippen LogP contribution in [0, 0.1) is 39.9 Å². The lowest BCUT2D eigenvalue weighted by molar-refractivity contribution is -0.234. The monoisotopic (exact) mass is 621 g/mol. The third-order valence-electron chi connectivity index (χ3n) is 12.1. The zero-order valence-electron chi connectivity index (χ0n) is 28.1. The number of rotatable bonds is 9. The molecule has 0 radical (unpaired) electrons. The number of carbonyl (C=O) groups is 2. The van der Waals surface area contributed by atoms with Crippen molar-refractivity contribution < 1.29 is 39.9 Å². The van der Waals surface area contributed by atoms with E-state index in [0.717, 1.165) is 36.8 Å². The van der Waals surface area contributed by atoms with E-state index < -0.39 is 24.1 Å². The molecule has 0 aromatic heterocycles. The van der Waals surface area contributed by atoms with Crippen LogP contribution in [0.4, 0.5) is 0 Å². The molecule has 0 bridgehead atoms. The largest absolute Gasteiger partial charge is 0.478 e. The molecule has 4 aliphatic carbocycles. The zero-order chi connectivity index (χ0) is 33.0. The molecule has 4 aliphatic rings. The number of allylic oxidation sites excluding steroid dienone is 2. The van der Waals surface area contributed by atoms with E-state index in [2.05, 4.69) is 33.0 Å². The van der Waals surface area contributed by atoms with Crippen molar-refractivity contribution in [2.75, 3.05) is 26.3 Å². The first-order valence-corrected chi connectivity index (χ1v) is 16.6. The van der Waals surface area contributed by atoms with Crippen LogP contribution in [0.2, 0.25) is 0 Å². The highest BCUT2D eigenvalue weighted by Crippen LogP contribution is 2.74. The molecule has 9 heteroatoms. The topological polar surface area (TPSA) is 157 Å². The SMILES string of the molecule is CC(=O)O[C@H]1C[C@@]2(C)[C@H](C[C@@H](O)C3[C@@]4(C)CC[C@@H](O)[C@@H](C)C4CC[C@@]32C)C1=C(CCC=C(C)C)C(=O)O.OCCNCCO. The Morgan fingerprint density at radius 1 is 0.977 bits per heavy atom. The van der Waals surface area contributed by atoms with Crippen LogP contribution in [-0.2, 0) is 14.3 Å². The molecular weight excluding hydrogens is 562 g/mol. The Balaban J connectivity index is 0.000000676. The van der Waals surface area contributed by atoms with Crippen LogP contribution in [0.15, 0.2) is 22.8 Å². The number of aliphatic carboxylic acids is 1. The number of aliphatic hydroxyl groups is 4. The number of nitrogens with one attached hydrogen (secondary N) is 1. The maximum Gasteiger partial charge on any atom is 0.331 e. The average Bonchev–Trinajstić information content (AvgIpc) is 3.20. The van der Waals surface area contributed by atoms with Gasteiger partial charge in [0, 0.05) is 25.6 Å². The molecule has 4 rings (SSSR count). The molecule has 0 heterocycles. The molecule has 0 aliphatic heterocycles. The average molecular weight is 622 g/mol. The Labute approximate surface area is 264 Å². The molecule has 252 valence electrons. The first kappa shape index (κ1) is 36.7. The summed E-state index contributed by atoms with van der Waals surface area (Å²) in [5.74, 6) is -0.909. The molecule has 10 atom stereocenters. The smallest absolute Gasteiger partial charge is 0.331 e. The summed E-state index contributed by atoms with van der Waals surface area (Å²) in [5, 5.41) is 52.0. The second-order valence-electron chi connectivity index (χ2n) is 14.8. The molecule has 44 heavy (non-hydrogen) atoms. The summed E-state index contributed by atoms with van der Waals surface area (Å²) in [6.45, 7) is 15.9. The molecule has 4 fully saturated rings. The minimum absolute atomic E-state index is 0.0474. The van der Waals surface area contributed by atoms with Crippen LogP contribution in [0.1, 0.15) is 99.8 Å². The van der Waals surface area contributed by atoms with Gasteiger partial charge in [0.1, 0.15) is 6.10 Å². The number of hydrogen-bond acceptors (Lipinski definition) is 8. The summed E-state index contributed by atoms with van der Waals surface area (Å²) in [4.78, 5) is 24.8. The van der Waals surface area contributed by atoms with E-state index in [-0.39, 0.29) is 53.3 Å². The van der Waals surface area contributed by atoms with Crippen molar-refractivity contribution in [1.29, 1.82) is 0 Å². The maximum absolute atomic E-state index is 12.6. The van der Waals surface area contributed by atoms with Gasteiger partial charge >= 0.3 is 11.9 Å². The van der Waals surface area contributed by atoms with Crippen molar-refractivity contribution in [3.05, 3.63) is 22.8 Å². The minimum atomic E-state index is -0.953. The molecule has 0 saturated heterocycles. The van der Waals surface area contributed by atoms with Crippen LogP contribution < -0.4 is 5.32 Å². The summed E-state index contributed by atoms with van der Waals surface area (Å²) >= 11 is 0. The number of carboxylic acids is 1.